The normalized spacial score (nSPS) is 12.1. The molecule has 1 atom stereocenters. The van der Waals surface area contributed by atoms with Crippen molar-refractivity contribution in [3.05, 3.63) is 23.3 Å². The Labute approximate surface area is 95.3 Å². The van der Waals surface area contributed by atoms with Crippen LogP contribution >= 0.6 is 0 Å². The summed E-state index contributed by atoms with van der Waals surface area (Å²) in [5, 5.41) is 0. The minimum absolute atomic E-state index is 0.0946. The third kappa shape index (κ3) is 2.17. The molecule has 0 bridgehead atoms. The lowest BCUT2D eigenvalue weighted by Crippen LogP contribution is -2.19. The molecule has 0 aromatic heterocycles. The van der Waals surface area contributed by atoms with E-state index in [4.69, 9.17) is 15.2 Å². The van der Waals surface area contributed by atoms with Gasteiger partial charge in [-0.05, 0) is 26.0 Å². The fraction of sp³-hybridized carbons (Fsp3) is 0.417. The Morgan fingerprint density at radius 3 is 2.38 bits per heavy atom. The third-order valence-electron chi connectivity index (χ3n) is 2.58. The molecule has 0 aliphatic carbocycles. The molecule has 0 aliphatic heterocycles. The summed E-state index contributed by atoms with van der Waals surface area (Å²) in [6.45, 7) is 3.33. The molecule has 0 amide bonds. The predicted octanol–water partition coefficient (Wildman–Crippen LogP) is 1.60. The summed E-state index contributed by atoms with van der Waals surface area (Å²) in [6, 6.07) is 2.90. The highest BCUT2D eigenvalue weighted by atomic mass is 16.5. The molecule has 0 spiro atoms. The summed E-state index contributed by atoms with van der Waals surface area (Å²) >= 11 is 0. The molecule has 0 heterocycles. The second kappa shape index (κ2) is 4.99. The summed E-state index contributed by atoms with van der Waals surface area (Å²) in [5.41, 5.74) is 7.34. The number of hydrogen-bond donors (Lipinski definition) is 1. The van der Waals surface area contributed by atoms with E-state index in [0.29, 0.717) is 11.3 Å². The van der Waals surface area contributed by atoms with Crippen molar-refractivity contribution in [2.45, 2.75) is 19.9 Å². The van der Waals surface area contributed by atoms with Gasteiger partial charge in [0, 0.05) is 11.1 Å². The van der Waals surface area contributed by atoms with Crippen LogP contribution in [-0.4, -0.2) is 20.0 Å². The number of ether oxygens (including phenoxy) is 2. The molecule has 0 fully saturated rings. The number of hydrogen-bond acceptors (Lipinski definition) is 4. The van der Waals surface area contributed by atoms with Crippen LogP contribution in [0.2, 0.25) is 0 Å². The van der Waals surface area contributed by atoms with Gasteiger partial charge >= 0.3 is 0 Å². The molecule has 0 aliphatic rings. The Kier molecular flexibility index (Phi) is 3.90. The number of ketones is 1. The minimum atomic E-state index is -0.653. The molecule has 0 radical (unpaired) electrons. The van der Waals surface area contributed by atoms with Crippen molar-refractivity contribution in [1.29, 1.82) is 0 Å². The highest BCUT2D eigenvalue weighted by molar-refractivity contribution is 5.83. The molecule has 0 saturated carbocycles. The molecular weight excluding hydrogens is 206 g/mol. The second-order valence-electron chi connectivity index (χ2n) is 3.60. The van der Waals surface area contributed by atoms with E-state index >= 15 is 0 Å². The molecule has 2 N–H and O–H groups in total. The number of nitrogens with two attached hydrogens (primary N) is 1. The summed E-state index contributed by atoms with van der Waals surface area (Å²) in [4.78, 5) is 11.3. The van der Waals surface area contributed by atoms with Crippen molar-refractivity contribution in [2.24, 2.45) is 5.73 Å². The Morgan fingerprint density at radius 1 is 1.31 bits per heavy atom. The first-order valence-electron chi connectivity index (χ1n) is 5.00. The lowest BCUT2D eigenvalue weighted by Gasteiger charge is -2.17. The zero-order chi connectivity index (χ0) is 12.3. The smallest absolute Gasteiger partial charge is 0.151 e. The van der Waals surface area contributed by atoms with Crippen molar-refractivity contribution in [3.8, 4) is 11.5 Å². The van der Waals surface area contributed by atoms with Gasteiger partial charge in [-0.2, -0.15) is 0 Å². The maximum atomic E-state index is 11.3. The summed E-state index contributed by atoms with van der Waals surface area (Å²) in [6.07, 6.45) is 0. The van der Waals surface area contributed by atoms with Crippen LogP contribution in [0.5, 0.6) is 11.5 Å². The van der Waals surface area contributed by atoms with Gasteiger partial charge in [0.25, 0.3) is 0 Å². The number of carbonyl (C=O) groups excluding carboxylic acids is 1. The molecule has 4 heteroatoms. The summed E-state index contributed by atoms with van der Waals surface area (Å²) in [7, 11) is 3.14. The van der Waals surface area contributed by atoms with Crippen LogP contribution in [0.1, 0.15) is 24.1 Å². The Hall–Kier alpha value is -1.55. The molecule has 1 rings (SSSR count). The standard InChI is InChI=1S/C12H17NO3/c1-7-10(15-3)6-5-9(12(7)16-4)11(13)8(2)14/h5-6,11H,13H2,1-4H3. The average Bonchev–Trinajstić information content (AvgIpc) is 2.27. The lowest BCUT2D eigenvalue weighted by molar-refractivity contribution is -0.118. The maximum Gasteiger partial charge on any atom is 0.151 e. The SMILES string of the molecule is COc1ccc(C(N)C(C)=O)c(OC)c1C. The first kappa shape index (κ1) is 12.5. The first-order chi connectivity index (χ1) is 7.52. The minimum Gasteiger partial charge on any atom is -0.496 e. The van der Waals surface area contributed by atoms with E-state index in [2.05, 4.69) is 0 Å². The van der Waals surface area contributed by atoms with Crippen molar-refractivity contribution >= 4 is 5.78 Å². The van der Waals surface area contributed by atoms with Crippen LogP contribution in [0.25, 0.3) is 0 Å². The molecule has 1 aromatic carbocycles. The Morgan fingerprint density at radius 2 is 1.94 bits per heavy atom. The zero-order valence-corrected chi connectivity index (χ0v) is 10.0. The number of rotatable bonds is 4. The van der Waals surface area contributed by atoms with Gasteiger partial charge in [-0.15, -0.1) is 0 Å². The van der Waals surface area contributed by atoms with Crippen LogP contribution < -0.4 is 15.2 Å². The molecule has 1 aromatic rings. The van der Waals surface area contributed by atoms with Crippen LogP contribution in [0, 0.1) is 6.92 Å². The fourth-order valence-electron chi connectivity index (χ4n) is 1.65. The zero-order valence-electron chi connectivity index (χ0n) is 10.0. The van der Waals surface area contributed by atoms with E-state index < -0.39 is 6.04 Å². The van der Waals surface area contributed by atoms with E-state index in [9.17, 15) is 4.79 Å². The van der Waals surface area contributed by atoms with Crippen LogP contribution in [0.4, 0.5) is 0 Å². The Bertz CT molecular complexity index is 401. The monoisotopic (exact) mass is 223 g/mol. The average molecular weight is 223 g/mol. The topological polar surface area (TPSA) is 61.5 Å². The van der Waals surface area contributed by atoms with E-state index in [1.54, 1.807) is 26.4 Å². The van der Waals surface area contributed by atoms with Gasteiger partial charge in [0.1, 0.15) is 11.5 Å². The van der Waals surface area contributed by atoms with E-state index in [1.165, 1.54) is 6.92 Å². The molecule has 88 valence electrons. The number of methoxy groups -OCH3 is 2. The fourth-order valence-corrected chi connectivity index (χ4v) is 1.65. The van der Waals surface area contributed by atoms with Gasteiger partial charge in [-0.3, -0.25) is 4.79 Å². The largest absolute Gasteiger partial charge is 0.496 e. The van der Waals surface area contributed by atoms with E-state index in [-0.39, 0.29) is 5.78 Å². The van der Waals surface area contributed by atoms with Gasteiger partial charge in [0.05, 0.1) is 20.3 Å². The van der Waals surface area contributed by atoms with Crippen molar-refractivity contribution in [2.75, 3.05) is 14.2 Å². The lowest BCUT2D eigenvalue weighted by atomic mass is 10.00. The van der Waals surface area contributed by atoms with Gasteiger partial charge in [-0.25, -0.2) is 0 Å². The molecule has 4 nitrogen and oxygen atoms in total. The number of benzene rings is 1. The third-order valence-corrected chi connectivity index (χ3v) is 2.58. The highest BCUT2D eigenvalue weighted by Gasteiger charge is 2.19. The van der Waals surface area contributed by atoms with Crippen molar-refractivity contribution in [3.63, 3.8) is 0 Å². The highest BCUT2D eigenvalue weighted by Crippen LogP contribution is 2.34. The predicted molar refractivity (Wildman–Crippen MR) is 61.9 cm³/mol. The quantitative estimate of drug-likeness (QED) is 0.842. The molecule has 16 heavy (non-hydrogen) atoms. The van der Waals surface area contributed by atoms with Crippen molar-refractivity contribution in [1.82, 2.24) is 0 Å². The van der Waals surface area contributed by atoms with E-state index in [0.717, 1.165) is 11.3 Å². The van der Waals surface area contributed by atoms with Gasteiger partial charge in [-0.1, -0.05) is 0 Å². The number of carbonyl (C=O) groups is 1. The van der Waals surface area contributed by atoms with E-state index in [1.807, 2.05) is 6.92 Å². The van der Waals surface area contributed by atoms with Crippen molar-refractivity contribution < 1.29 is 14.3 Å². The van der Waals surface area contributed by atoms with Crippen LogP contribution in [-0.2, 0) is 4.79 Å². The number of Topliss-reactive ketones (excluding diaryl/α,β-unsaturated/α-hetero) is 1. The maximum absolute atomic E-state index is 11.3. The van der Waals surface area contributed by atoms with Gasteiger partial charge in [0.2, 0.25) is 0 Å². The molecular formula is C12H17NO3. The second-order valence-corrected chi connectivity index (χ2v) is 3.60. The Balaban J connectivity index is 3.31. The summed E-state index contributed by atoms with van der Waals surface area (Å²) in [5.74, 6) is 1.24. The first-order valence-corrected chi connectivity index (χ1v) is 5.00. The molecule has 0 saturated heterocycles. The van der Waals surface area contributed by atoms with Crippen LogP contribution in [0.3, 0.4) is 0 Å². The van der Waals surface area contributed by atoms with Gasteiger partial charge in [0.15, 0.2) is 5.78 Å². The summed E-state index contributed by atoms with van der Waals surface area (Å²) < 4.78 is 10.5. The van der Waals surface area contributed by atoms with Gasteiger partial charge < -0.3 is 15.2 Å². The molecule has 1 unspecified atom stereocenters. The van der Waals surface area contributed by atoms with Crippen LogP contribution in [0.15, 0.2) is 12.1 Å².